The van der Waals surface area contributed by atoms with Gasteiger partial charge in [-0.1, -0.05) is 39.8 Å². The maximum atomic E-state index is 12.5. The second kappa shape index (κ2) is 5.24. The molecule has 0 radical (unpaired) electrons. The van der Waals surface area contributed by atoms with Crippen LogP contribution in [0.15, 0.2) is 40.8 Å². The molecular formula is C17H19F3O. The normalized spacial score (nSPS) is 14.2. The Hall–Kier alpha value is -1.71. The second-order valence-electron chi connectivity index (χ2n) is 6.36. The molecule has 0 aliphatic rings. The third-order valence-corrected chi connectivity index (χ3v) is 3.85. The number of furan rings is 1. The van der Waals surface area contributed by atoms with Gasteiger partial charge in [0.1, 0.15) is 11.5 Å². The Balaban J connectivity index is 2.26. The van der Waals surface area contributed by atoms with Crippen LogP contribution in [0.25, 0.3) is 11.3 Å². The van der Waals surface area contributed by atoms with Gasteiger partial charge in [0, 0.05) is 11.5 Å². The van der Waals surface area contributed by atoms with Crippen molar-refractivity contribution in [3.63, 3.8) is 0 Å². The molecule has 1 aromatic heterocycles. The van der Waals surface area contributed by atoms with Gasteiger partial charge < -0.3 is 4.42 Å². The van der Waals surface area contributed by atoms with Crippen LogP contribution in [-0.2, 0) is 6.18 Å². The van der Waals surface area contributed by atoms with Crippen LogP contribution in [-0.4, -0.2) is 0 Å². The highest BCUT2D eigenvalue weighted by Crippen LogP contribution is 2.37. The van der Waals surface area contributed by atoms with Crippen molar-refractivity contribution in [1.82, 2.24) is 0 Å². The summed E-state index contributed by atoms with van der Waals surface area (Å²) < 4.78 is 43.4. The van der Waals surface area contributed by atoms with Crippen molar-refractivity contribution in [2.75, 3.05) is 0 Å². The Morgan fingerprint density at radius 1 is 0.905 bits per heavy atom. The number of rotatable bonds is 2. The molecule has 0 saturated carbocycles. The van der Waals surface area contributed by atoms with Crippen LogP contribution < -0.4 is 0 Å². The molecule has 0 bridgehead atoms. The van der Waals surface area contributed by atoms with E-state index in [1.165, 1.54) is 12.1 Å². The summed E-state index contributed by atoms with van der Waals surface area (Å²) >= 11 is 0. The second-order valence-corrected chi connectivity index (χ2v) is 6.36. The number of alkyl halides is 3. The molecule has 0 amide bonds. The van der Waals surface area contributed by atoms with Crippen molar-refractivity contribution >= 4 is 0 Å². The van der Waals surface area contributed by atoms with E-state index in [0.29, 0.717) is 11.3 Å². The molecule has 0 saturated heterocycles. The smallest absolute Gasteiger partial charge is 0.416 e. The minimum Gasteiger partial charge on any atom is -0.461 e. The lowest BCUT2D eigenvalue weighted by molar-refractivity contribution is -0.137. The summed E-state index contributed by atoms with van der Waals surface area (Å²) in [6, 6.07) is 8.72. The molecule has 0 fully saturated rings. The minimum atomic E-state index is -4.31. The molecule has 0 aliphatic heterocycles. The average Bonchev–Trinajstić information content (AvgIpc) is 2.85. The van der Waals surface area contributed by atoms with Crippen molar-refractivity contribution < 1.29 is 17.6 Å². The SMILES string of the molecule is C[C@H](c1ccc(-c2ccc(C(F)(F)F)cc2)o1)C(C)(C)C. The van der Waals surface area contributed by atoms with Gasteiger partial charge in [0.2, 0.25) is 0 Å². The molecule has 0 spiro atoms. The van der Waals surface area contributed by atoms with Gasteiger partial charge in [-0.25, -0.2) is 0 Å². The third kappa shape index (κ3) is 3.49. The van der Waals surface area contributed by atoms with Gasteiger partial charge in [-0.2, -0.15) is 13.2 Å². The zero-order valence-corrected chi connectivity index (χ0v) is 12.6. The quantitative estimate of drug-likeness (QED) is 0.651. The first-order valence-corrected chi connectivity index (χ1v) is 6.86. The van der Waals surface area contributed by atoms with E-state index < -0.39 is 11.7 Å². The maximum Gasteiger partial charge on any atom is 0.416 e. The molecule has 2 aromatic rings. The molecular weight excluding hydrogens is 277 g/mol. The van der Waals surface area contributed by atoms with E-state index in [1.807, 2.05) is 6.07 Å². The Labute approximate surface area is 122 Å². The number of hydrogen-bond acceptors (Lipinski definition) is 1. The van der Waals surface area contributed by atoms with Gasteiger partial charge in [0.05, 0.1) is 5.56 Å². The van der Waals surface area contributed by atoms with Crippen LogP contribution in [0.3, 0.4) is 0 Å². The highest BCUT2D eigenvalue weighted by atomic mass is 19.4. The van der Waals surface area contributed by atoms with Crippen LogP contribution >= 0.6 is 0 Å². The molecule has 0 N–H and O–H groups in total. The van der Waals surface area contributed by atoms with Gasteiger partial charge in [0.25, 0.3) is 0 Å². The molecule has 2 rings (SSSR count). The lowest BCUT2D eigenvalue weighted by Gasteiger charge is -2.25. The Bertz CT molecular complexity index is 600. The molecule has 0 aliphatic carbocycles. The van der Waals surface area contributed by atoms with Crippen LogP contribution in [0.2, 0.25) is 0 Å². The largest absolute Gasteiger partial charge is 0.461 e. The van der Waals surface area contributed by atoms with E-state index in [1.54, 1.807) is 6.07 Å². The van der Waals surface area contributed by atoms with Crippen molar-refractivity contribution in [2.24, 2.45) is 5.41 Å². The van der Waals surface area contributed by atoms with Crippen molar-refractivity contribution in [3.05, 3.63) is 47.7 Å². The number of benzene rings is 1. The van der Waals surface area contributed by atoms with E-state index in [4.69, 9.17) is 4.42 Å². The fourth-order valence-corrected chi connectivity index (χ4v) is 1.99. The Kier molecular flexibility index (Phi) is 3.91. The van der Waals surface area contributed by atoms with Crippen LogP contribution in [0, 0.1) is 5.41 Å². The van der Waals surface area contributed by atoms with Gasteiger partial charge in [-0.15, -0.1) is 0 Å². The molecule has 1 aromatic carbocycles. The maximum absolute atomic E-state index is 12.5. The van der Waals surface area contributed by atoms with Crippen LogP contribution in [0.5, 0.6) is 0 Å². The van der Waals surface area contributed by atoms with E-state index in [0.717, 1.165) is 17.9 Å². The standard InChI is InChI=1S/C17H19F3O/c1-11(16(2,3)4)14-9-10-15(21-14)12-5-7-13(8-6-12)17(18,19)20/h5-11H,1-4H3/t11-/m1/s1. The highest BCUT2D eigenvalue weighted by molar-refractivity contribution is 5.58. The highest BCUT2D eigenvalue weighted by Gasteiger charge is 2.30. The van der Waals surface area contributed by atoms with Gasteiger partial charge >= 0.3 is 6.18 Å². The van der Waals surface area contributed by atoms with Crippen molar-refractivity contribution in [3.8, 4) is 11.3 Å². The zero-order chi connectivity index (χ0) is 15.8. The molecule has 1 nitrogen and oxygen atoms in total. The summed E-state index contributed by atoms with van der Waals surface area (Å²) in [6.07, 6.45) is -4.31. The van der Waals surface area contributed by atoms with Gasteiger partial charge in [-0.3, -0.25) is 0 Å². The van der Waals surface area contributed by atoms with Gasteiger partial charge in [-0.05, 0) is 29.7 Å². The first-order chi connectivity index (χ1) is 9.59. The minimum absolute atomic E-state index is 0.0647. The van der Waals surface area contributed by atoms with Crippen molar-refractivity contribution in [1.29, 1.82) is 0 Å². The molecule has 21 heavy (non-hydrogen) atoms. The fourth-order valence-electron chi connectivity index (χ4n) is 1.99. The predicted molar refractivity (Wildman–Crippen MR) is 77.0 cm³/mol. The van der Waals surface area contributed by atoms with E-state index in [9.17, 15) is 13.2 Å². The summed E-state index contributed by atoms with van der Waals surface area (Å²) in [7, 11) is 0. The van der Waals surface area contributed by atoms with Crippen molar-refractivity contribution in [2.45, 2.75) is 39.8 Å². The molecule has 1 heterocycles. The number of hydrogen-bond donors (Lipinski definition) is 0. The first kappa shape index (κ1) is 15.7. The average molecular weight is 296 g/mol. The third-order valence-electron chi connectivity index (χ3n) is 3.85. The summed E-state index contributed by atoms with van der Waals surface area (Å²) in [5.41, 5.74) is 0.0615. The summed E-state index contributed by atoms with van der Waals surface area (Å²) in [4.78, 5) is 0. The lowest BCUT2D eigenvalue weighted by Crippen LogP contribution is -2.14. The van der Waals surface area contributed by atoms with Gasteiger partial charge in [0.15, 0.2) is 0 Å². The van der Waals surface area contributed by atoms with E-state index >= 15 is 0 Å². The predicted octanol–water partition coefficient (Wildman–Crippen LogP) is 6.12. The number of halogens is 3. The van der Waals surface area contributed by atoms with E-state index in [-0.39, 0.29) is 11.3 Å². The lowest BCUT2D eigenvalue weighted by atomic mass is 9.81. The fraction of sp³-hybridized carbons (Fsp3) is 0.412. The molecule has 114 valence electrons. The summed E-state index contributed by atoms with van der Waals surface area (Å²) in [5.74, 6) is 1.66. The topological polar surface area (TPSA) is 13.1 Å². The zero-order valence-electron chi connectivity index (χ0n) is 12.6. The Morgan fingerprint density at radius 2 is 1.48 bits per heavy atom. The summed E-state index contributed by atoms with van der Waals surface area (Å²) in [5, 5.41) is 0. The monoisotopic (exact) mass is 296 g/mol. The molecule has 1 atom stereocenters. The first-order valence-electron chi connectivity index (χ1n) is 6.86. The molecule has 4 heteroatoms. The summed E-state index contributed by atoms with van der Waals surface area (Å²) in [6.45, 7) is 8.45. The Morgan fingerprint density at radius 3 is 1.95 bits per heavy atom. The van der Waals surface area contributed by atoms with Crippen LogP contribution in [0.1, 0.15) is 44.9 Å². The molecule has 0 unspecified atom stereocenters. The van der Waals surface area contributed by atoms with E-state index in [2.05, 4.69) is 27.7 Å². The van der Waals surface area contributed by atoms with Crippen LogP contribution in [0.4, 0.5) is 13.2 Å².